The predicted molar refractivity (Wildman–Crippen MR) is 55.1 cm³/mol. The zero-order valence-corrected chi connectivity index (χ0v) is 8.36. The number of para-hydroxylation sites is 1. The predicted octanol–water partition coefficient (Wildman–Crippen LogP) is 2.09. The fraction of sp³-hybridized carbons (Fsp3) is 0.0909. The molecular weight excluding hydrogens is 213 g/mol. The van der Waals surface area contributed by atoms with Crippen LogP contribution in [0.4, 0.5) is 4.39 Å². The van der Waals surface area contributed by atoms with Crippen LogP contribution in [0, 0.1) is 12.7 Å². The summed E-state index contributed by atoms with van der Waals surface area (Å²) in [5.41, 5.74) is -0.344. The van der Waals surface area contributed by atoms with Crippen molar-refractivity contribution in [2.45, 2.75) is 6.92 Å². The highest BCUT2D eigenvalue weighted by molar-refractivity contribution is 5.95. The van der Waals surface area contributed by atoms with E-state index in [4.69, 9.17) is 5.11 Å². The molecule has 1 aromatic heterocycles. The van der Waals surface area contributed by atoms with Crippen LogP contribution < -0.4 is 0 Å². The molecule has 0 fully saturated rings. The average molecular weight is 221 g/mol. The second kappa shape index (κ2) is 3.44. The maximum atomic E-state index is 13.4. The lowest BCUT2D eigenvalue weighted by molar-refractivity contribution is 0.0689. The Kier molecular flexibility index (Phi) is 2.23. The van der Waals surface area contributed by atoms with Gasteiger partial charge >= 0.3 is 5.97 Å². The van der Waals surface area contributed by atoms with Gasteiger partial charge in [-0.05, 0) is 19.1 Å². The summed E-state index contributed by atoms with van der Waals surface area (Å²) >= 11 is 0. The molecule has 0 aliphatic carbocycles. The molecule has 2 aromatic rings. The van der Waals surface area contributed by atoms with E-state index >= 15 is 0 Å². The Morgan fingerprint density at radius 3 is 2.75 bits per heavy atom. The van der Waals surface area contributed by atoms with Crippen molar-refractivity contribution in [2.24, 2.45) is 0 Å². The van der Waals surface area contributed by atoms with Crippen LogP contribution in [-0.4, -0.2) is 21.2 Å². The molecule has 4 nitrogen and oxygen atoms in total. The third kappa shape index (κ3) is 1.37. The van der Waals surface area contributed by atoms with E-state index in [2.05, 4.69) is 4.98 Å². The molecule has 0 spiro atoms. The van der Waals surface area contributed by atoms with E-state index < -0.39 is 11.8 Å². The Labute approximate surface area is 90.0 Å². The number of hydrogen-bond donors (Lipinski definition) is 2. The lowest BCUT2D eigenvalue weighted by atomic mass is 10.1. The lowest BCUT2D eigenvalue weighted by Gasteiger charge is -2.07. The van der Waals surface area contributed by atoms with Gasteiger partial charge in [0, 0.05) is 10.9 Å². The molecule has 0 unspecified atom stereocenters. The van der Waals surface area contributed by atoms with Crippen LogP contribution in [0.25, 0.3) is 10.9 Å². The molecule has 5 heteroatoms. The van der Waals surface area contributed by atoms with E-state index in [0.29, 0.717) is 0 Å². The van der Waals surface area contributed by atoms with Crippen LogP contribution in [0.15, 0.2) is 18.2 Å². The number of benzene rings is 1. The summed E-state index contributed by atoms with van der Waals surface area (Å²) in [6, 6.07) is 4.08. The monoisotopic (exact) mass is 221 g/mol. The molecule has 0 amide bonds. The van der Waals surface area contributed by atoms with Crippen molar-refractivity contribution in [3.05, 3.63) is 35.3 Å². The number of carboxylic acid groups (broad SMARTS) is 1. The third-order valence-electron chi connectivity index (χ3n) is 2.38. The first-order valence-corrected chi connectivity index (χ1v) is 4.53. The second-order valence-electron chi connectivity index (χ2n) is 3.38. The molecule has 1 heterocycles. The molecule has 16 heavy (non-hydrogen) atoms. The van der Waals surface area contributed by atoms with Gasteiger partial charge in [0.2, 0.25) is 0 Å². The first-order chi connectivity index (χ1) is 7.52. The van der Waals surface area contributed by atoms with E-state index in [1.54, 1.807) is 0 Å². The number of aromatic carboxylic acids is 1. The number of carbonyl (C=O) groups is 1. The quantitative estimate of drug-likeness (QED) is 0.773. The topological polar surface area (TPSA) is 70.4 Å². The molecule has 0 aliphatic rings. The van der Waals surface area contributed by atoms with Crippen molar-refractivity contribution in [2.75, 3.05) is 0 Å². The van der Waals surface area contributed by atoms with Crippen molar-refractivity contribution in [1.29, 1.82) is 0 Å². The highest BCUT2D eigenvalue weighted by Crippen LogP contribution is 2.30. The molecule has 1 aromatic carbocycles. The molecule has 0 saturated heterocycles. The number of aromatic nitrogens is 1. The van der Waals surface area contributed by atoms with Crippen molar-refractivity contribution in [3.63, 3.8) is 0 Å². The van der Waals surface area contributed by atoms with Crippen LogP contribution in [0.1, 0.15) is 16.1 Å². The Morgan fingerprint density at radius 2 is 2.12 bits per heavy atom. The summed E-state index contributed by atoms with van der Waals surface area (Å²) in [7, 11) is 0. The van der Waals surface area contributed by atoms with Crippen LogP contribution in [-0.2, 0) is 0 Å². The fourth-order valence-electron chi connectivity index (χ4n) is 1.54. The summed E-state index contributed by atoms with van der Waals surface area (Å²) in [5.74, 6) is -2.20. The van der Waals surface area contributed by atoms with E-state index in [9.17, 15) is 14.3 Å². The lowest BCUT2D eigenvalue weighted by Crippen LogP contribution is -2.04. The average Bonchev–Trinajstić information content (AvgIpc) is 2.23. The summed E-state index contributed by atoms with van der Waals surface area (Å²) in [6.07, 6.45) is 0. The molecule has 82 valence electrons. The summed E-state index contributed by atoms with van der Waals surface area (Å²) in [4.78, 5) is 14.5. The molecular formula is C11H8FNO3. The van der Waals surface area contributed by atoms with Crippen LogP contribution in [0.5, 0.6) is 5.75 Å². The number of carboxylic acids is 1. The van der Waals surface area contributed by atoms with Gasteiger partial charge in [-0.3, -0.25) is 0 Å². The zero-order valence-electron chi connectivity index (χ0n) is 8.36. The van der Waals surface area contributed by atoms with Crippen molar-refractivity contribution in [3.8, 4) is 5.75 Å². The first-order valence-electron chi connectivity index (χ1n) is 4.53. The van der Waals surface area contributed by atoms with Crippen molar-refractivity contribution < 1.29 is 19.4 Å². The van der Waals surface area contributed by atoms with E-state index in [1.807, 2.05) is 0 Å². The number of aromatic hydroxyl groups is 1. The molecule has 0 aliphatic heterocycles. The van der Waals surface area contributed by atoms with Gasteiger partial charge in [0.15, 0.2) is 5.69 Å². The molecule has 2 N–H and O–H groups in total. The number of fused-ring (bicyclic) bond motifs is 1. The highest BCUT2D eigenvalue weighted by Gasteiger charge is 2.17. The second-order valence-corrected chi connectivity index (χ2v) is 3.38. The van der Waals surface area contributed by atoms with Crippen molar-refractivity contribution >= 4 is 16.9 Å². The summed E-state index contributed by atoms with van der Waals surface area (Å²) in [6.45, 7) is 1.43. The van der Waals surface area contributed by atoms with Gasteiger partial charge in [-0.15, -0.1) is 0 Å². The number of pyridine rings is 1. The van der Waals surface area contributed by atoms with E-state index in [0.717, 1.165) is 6.07 Å². The van der Waals surface area contributed by atoms with Crippen molar-refractivity contribution in [1.82, 2.24) is 4.98 Å². The van der Waals surface area contributed by atoms with Gasteiger partial charge < -0.3 is 10.2 Å². The van der Waals surface area contributed by atoms with Gasteiger partial charge in [-0.1, -0.05) is 6.07 Å². The van der Waals surface area contributed by atoms with Gasteiger partial charge in [0.25, 0.3) is 0 Å². The standard InChI is InChI=1S/C11H8FNO3/c1-5-8(11(15)16)13-9-6(10(5)14)3-2-4-7(9)12/h2-4H,1H3,(H,13,14)(H,15,16). The Bertz CT molecular complexity index is 595. The summed E-state index contributed by atoms with van der Waals surface area (Å²) in [5, 5.41) is 18.8. The number of rotatable bonds is 1. The number of halogens is 1. The minimum atomic E-state index is -1.29. The molecule has 2 rings (SSSR count). The third-order valence-corrected chi connectivity index (χ3v) is 2.38. The van der Waals surface area contributed by atoms with Crippen LogP contribution in [0.3, 0.4) is 0 Å². The molecule has 0 bridgehead atoms. The SMILES string of the molecule is Cc1c(C(=O)O)nc2c(F)cccc2c1O. The highest BCUT2D eigenvalue weighted by atomic mass is 19.1. The maximum Gasteiger partial charge on any atom is 0.354 e. The van der Waals surface area contributed by atoms with E-state index in [-0.39, 0.29) is 27.9 Å². The smallest absolute Gasteiger partial charge is 0.354 e. The minimum absolute atomic E-state index is 0.130. The van der Waals surface area contributed by atoms with Gasteiger partial charge in [-0.25, -0.2) is 14.2 Å². The molecule has 0 saturated carbocycles. The van der Waals surface area contributed by atoms with Gasteiger partial charge in [0.1, 0.15) is 17.1 Å². The van der Waals surface area contributed by atoms with Crippen LogP contribution in [0.2, 0.25) is 0 Å². The summed E-state index contributed by atoms with van der Waals surface area (Å²) < 4.78 is 13.4. The van der Waals surface area contributed by atoms with Crippen LogP contribution >= 0.6 is 0 Å². The molecule has 0 radical (unpaired) electrons. The van der Waals surface area contributed by atoms with E-state index in [1.165, 1.54) is 19.1 Å². The fourth-order valence-corrected chi connectivity index (χ4v) is 1.54. The Morgan fingerprint density at radius 1 is 1.44 bits per heavy atom. The van der Waals surface area contributed by atoms with Gasteiger partial charge in [0.05, 0.1) is 0 Å². The van der Waals surface area contributed by atoms with Gasteiger partial charge in [-0.2, -0.15) is 0 Å². The normalized spacial score (nSPS) is 10.6. The largest absolute Gasteiger partial charge is 0.507 e. The number of hydrogen-bond acceptors (Lipinski definition) is 3. The molecule has 0 atom stereocenters. The first kappa shape index (κ1) is 10.4. The minimum Gasteiger partial charge on any atom is -0.507 e. The Hall–Kier alpha value is -2.17. The Balaban J connectivity index is 2.94. The number of nitrogens with zero attached hydrogens (tertiary/aromatic N) is 1. The zero-order chi connectivity index (χ0) is 11.9. The maximum absolute atomic E-state index is 13.4.